The average molecular weight is 373 g/mol. The van der Waals surface area contributed by atoms with Crippen LogP contribution in [-0.2, 0) is 11.2 Å². The van der Waals surface area contributed by atoms with Crippen LogP contribution in [0.4, 0.5) is 14.5 Å². The highest BCUT2D eigenvalue weighted by molar-refractivity contribution is 7.59. The fourth-order valence-electron chi connectivity index (χ4n) is 2.28. The van der Waals surface area contributed by atoms with Gasteiger partial charge in [0.05, 0.1) is 6.04 Å². The fourth-order valence-corrected chi connectivity index (χ4v) is 2.40. The number of benzene rings is 2. The number of amides is 1. The van der Waals surface area contributed by atoms with E-state index in [0.717, 1.165) is 11.6 Å². The van der Waals surface area contributed by atoms with Gasteiger partial charge in [0.1, 0.15) is 11.6 Å². The van der Waals surface area contributed by atoms with Gasteiger partial charge < -0.3 is 10.6 Å². The first-order valence-electron chi connectivity index (χ1n) is 7.02. The van der Waals surface area contributed by atoms with E-state index in [4.69, 9.17) is 17.3 Å². The van der Waals surface area contributed by atoms with Crippen molar-refractivity contribution in [2.75, 3.05) is 11.9 Å². The quantitative estimate of drug-likeness (QED) is 0.891. The lowest BCUT2D eigenvalue weighted by Gasteiger charge is -2.22. The van der Waals surface area contributed by atoms with Crippen molar-refractivity contribution in [1.82, 2.24) is 0 Å². The zero-order valence-electron chi connectivity index (χ0n) is 13.3. The van der Waals surface area contributed by atoms with E-state index in [1.54, 1.807) is 25.2 Å². The van der Waals surface area contributed by atoms with E-state index in [2.05, 4.69) is 0 Å². The summed E-state index contributed by atoms with van der Waals surface area (Å²) in [6.45, 7) is 1.83. The number of halogens is 3. The summed E-state index contributed by atoms with van der Waals surface area (Å²) in [5.41, 5.74) is 7.72. The Hall–Kier alpha value is -1.63. The van der Waals surface area contributed by atoms with Crippen molar-refractivity contribution in [2.45, 2.75) is 19.4 Å². The SMILES string of the molecule is Cc1cc(N(C)C(=O)[C@@H](N)Cc2cc(F)cc(F)c2)ccc1Cl.S. The highest BCUT2D eigenvalue weighted by atomic mass is 35.5. The van der Waals surface area contributed by atoms with Gasteiger partial charge in [0.2, 0.25) is 5.91 Å². The van der Waals surface area contributed by atoms with Crippen molar-refractivity contribution in [3.63, 3.8) is 0 Å². The van der Waals surface area contributed by atoms with Crippen molar-refractivity contribution >= 4 is 36.7 Å². The first-order valence-corrected chi connectivity index (χ1v) is 7.40. The molecule has 2 aromatic rings. The molecule has 2 N–H and O–H groups in total. The number of nitrogens with zero attached hydrogens (tertiary/aromatic N) is 1. The van der Waals surface area contributed by atoms with Gasteiger partial charge in [-0.3, -0.25) is 4.79 Å². The van der Waals surface area contributed by atoms with Crippen LogP contribution in [0.5, 0.6) is 0 Å². The summed E-state index contributed by atoms with van der Waals surface area (Å²) in [5, 5.41) is 0.606. The van der Waals surface area contributed by atoms with Crippen LogP contribution in [0.1, 0.15) is 11.1 Å². The number of likely N-dealkylation sites (N-methyl/N-ethyl adjacent to an activating group) is 1. The summed E-state index contributed by atoms with van der Waals surface area (Å²) in [5.74, 6) is -1.74. The Kier molecular flexibility index (Phi) is 7.20. The summed E-state index contributed by atoms with van der Waals surface area (Å²) in [6.07, 6.45) is 0.0461. The highest BCUT2D eigenvalue weighted by Crippen LogP contribution is 2.22. The third kappa shape index (κ3) is 4.93. The molecular weight excluding hydrogens is 354 g/mol. The van der Waals surface area contributed by atoms with Crippen LogP contribution in [-0.4, -0.2) is 19.0 Å². The van der Waals surface area contributed by atoms with Gasteiger partial charge >= 0.3 is 0 Å². The van der Waals surface area contributed by atoms with E-state index in [9.17, 15) is 13.6 Å². The van der Waals surface area contributed by atoms with Gasteiger partial charge in [0.25, 0.3) is 0 Å². The maximum absolute atomic E-state index is 13.2. The van der Waals surface area contributed by atoms with Crippen LogP contribution in [0.15, 0.2) is 36.4 Å². The Balaban J connectivity index is 0.00000288. The molecule has 0 heterocycles. The van der Waals surface area contributed by atoms with Crippen LogP contribution in [0.2, 0.25) is 5.02 Å². The molecule has 1 atom stereocenters. The highest BCUT2D eigenvalue weighted by Gasteiger charge is 2.20. The first kappa shape index (κ1) is 20.4. The van der Waals surface area contributed by atoms with E-state index in [1.165, 1.54) is 17.0 Å². The lowest BCUT2D eigenvalue weighted by molar-refractivity contribution is -0.119. The Morgan fingerprint density at radius 1 is 1.21 bits per heavy atom. The van der Waals surface area contributed by atoms with Gasteiger partial charge in [-0.05, 0) is 54.8 Å². The maximum Gasteiger partial charge on any atom is 0.243 e. The molecule has 0 aliphatic heterocycles. The molecule has 0 saturated carbocycles. The molecule has 0 radical (unpaired) electrons. The minimum absolute atomic E-state index is 0. The van der Waals surface area contributed by atoms with E-state index in [0.29, 0.717) is 16.3 Å². The first-order chi connectivity index (χ1) is 10.8. The number of aryl methyl sites for hydroxylation is 1. The largest absolute Gasteiger partial charge is 0.320 e. The Bertz CT molecular complexity index is 722. The second-order valence-electron chi connectivity index (χ2n) is 5.42. The molecule has 3 nitrogen and oxygen atoms in total. The summed E-state index contributed by atoms with van der Waals surface area (Å²) in [4.78, 5) is 13.8. The number of rotatable bonds is 4. The normalized spacial score (nSPS) is 11.6. The summed E-state index contributed by atoms with van der Waals surface area (Å²) in [6, 6.07) is 7.39. The van der Waals surface area contributed by atoms with Gasteiger partial charge in [-0.2, -0.15) is 13.5 Å². The second kappa shape index (κ2) is 8.46. The molecule has 0 fully saturated rings. The number of nitrogens with two attached hydrogens (primary N) is 1. The van der Waals surface area contributed by atoms with Crippen LogP contribution in [0.25, 0.3) is 0 Å². The van der Waals surface area contributed by atoms with Crippen molar-refractivity contribution in [3.8, 4) is 0 Å². The molecule has 1 amide bonds. The molecule has 130 valence electrons. The van der Waals surface area contributed by atoms with Gasteiger partial charge in [-0.25, -0.2) is 8.78 Å². The standard InChI is InChI=1S/C17H17ClF2N2O.H2S/c1-10-5-14(3-4-15(10)18)22(2)17(23)16(21)8-11-6-12(19)9-13(20)7-11;/h3-7,9,16H,8,21H2,1-2H3;1H2/t16-;/m0./s1. The van der Waals surface area contributed by atoms with Gasteiger partial charge in [-0.15, -0.1) is 0 Å². The van der Waals surface area contributed by atoms with E-state index >= 15 is 0 Å². The van der Waals surface area contributed by atoms with Crippen molar-refractivity contribution in [2.24, 2.45) is 5.73 Å². The molecule has 2 rings (SSSR count). The maximum atomic E-state index is 13.2. The predicted octanol–water partition coefficient (Wildman–Crippen LogP) is 3.57. The van der Waals surface area contributed by atoms with Gasteiger partial charge in [0, 0.05) is 23.8 Å². The average Bonchev–Trinajstić information content (AvgIpc) is 2.47. The second-order valence-corrected chi connectivity index (χ2v) is 5.83. The van der Waals surface area contributed by atoms with Crippen LogP contribution < -0.4 is 10.6 Å². The van der Waals surface area contributed by atoms with Crippen LogP contribution >= 0.6 is 25.1 Å². The lowest BCUT2D eigenvalue weighted by Crippen LogP contribution is -2.43. The minimum atomic E-state index is -0.905. The summed E-state index contributed by atoms with van der Waals surface area (Å²) in [7, 11) is 1.59. The Morgan fingerprint density at radius 3 is 2.33 bits per heavy atom. The van der Waals surface area contributed by atoms with E-state index in [1.807, 2.05) is 6.92 Å². The van der Waals surface area contributed by atoms with Crippen molar-refractivity contribution < 1.29 is 13.6 Å². The van der Waals surface area contributed by atoms with Crippen molar-refractivity contribution in [1.29, 1.82) is 0 Å². The molecule has 0 aliphatic carbocycles. The molecular formula is C17H19ClF2N2OS. The number of carbonyl (C=O) groups is 1. The fraction of sp³-hybridized carbons (Fsp3) is 0.235. The van der Waals surface area contributed by atoms with E-state index < -0.39 is 17.7 Å². The van der Waals surface area contributed by atoms with Crippen molar-refractivity contribution in [3.05, 3.63) is 64.2 Å². The molecule has 0 unspecified atom stereocenters. The smallest absolute Gasteiger partial charge is 0.243 e. The molecule has 0 spiro atoms. The molecule has 24 heavy (non-hydrogen) atoms. The van der Waals surface area contributed by atoms with Gasteiger partial charge in [-0.1, -0.05) is 11.6 Å². The van der Waals surface area contributed by atoms with Gasteiger partial charge in [0.15, 0.2) is 0 Å². The number of hydrogen-bond acceptors (Lipinski definition) is 2. The molecule has 0 aliphatic rings. The zero-order valence-corrected chi connectivity index (χ0v) is 15.1. The summed E-state index contributed by atoms with van der Waals surface area (Å²) >= 11 is 5.97. The lowest BCUT2D eigenvalue weighted by atomic mass is 10.0. The molecule has 2 aromatic carbocycles. The Labute approximate surface area is 151 Å². The van der Waals surface area contributed by atoms with Crippen LogP contribution in [0, 0.1) is 18.6 Å². The predicted molar refractivity (Wildman–Crippen MR) is 98.0 cm³/mol. The molecule has 0 aromatic heterocycles. The molecule has 7 heteroatoms. The number of hydrogen-bond donors (Lipinski definition) is 1. The Morgan fingerprint density at radius 2 is 1.79 bits per heavy atom. The molecule has 0 saturated heterocycles. The third-order valence-electron chi connectivity index (χ3n) is 3.55. The third-order valence-corrected chi connectivity index (χ3v) is 3.98. The minimum Gasteiger partial charge on any atom is -0.320 e. The van der Waals surface area contributed by atoms with Crippen LogP contribution in [0.3, 0.4) is 0 Å². The number of anilines is 1. The topological polar surface area (TPSA) is 46.3 Å². The molecule has 0 bridgehead atoms. The summed E-state index contributed by atoms with van der Waals surface area (Å²) < 4.78 is 26.4. The zero-order chi connectivity index (χ0) is 17.1. The number of carbonyl (C=O) groups excluding carboxylic acids is 1. The van der Waals surface area contributed by atoms with E-state index in [-0.39, 0.29) is 25.8 Å². The monoisotopic (exact) mass is 372 g/mol.